The summed E-state index contributed by atoms with van der Waals surface area (Å²) < 4.78 is 5.77. The second kappa shape index (κ2) is 4.78. The highest BCUT2D eigenvalue weighted by atomic mass is 16.5. The standard InChI is InChI=1S/C11H20N2O/c12-11-6-3-7-13(11)8-9-14-10-4-1-2-5-10/h10,12H,1-9H2. The molecule has 1 heterocycles. The average molecular weight is 196 g/mol. The van der Waals surface area contributed by atoms with Gasteiger partial charge in [-0.15, -0.1) is 0 Å². The van der Waals surface area contributed by atoms with Crippen LogP contribution in [0.4, 0.5) is 0 Å². The maximum absolute atomic E-state index is 7.66. The lowest BCUT2D eigenvalue weighted by atomic mass is 10.3. The number of hydrogen-bond donors (Lipinski definition) is 1. The van der Waals surface area contributed by atoms with Gasteiger partial charge in [-0.2, -0.15) is 0 Å². The summed E-state index contributed by atoms with van der Waals surface area (Å²) in [7, 11) is 0. The second-order valence-corrected chi connectivity index (χ2v) is 4.31. The van der Waals surface area contributed by atoms with Crippen molar-refractivity contribution in [1.82, 2.24) is 4.90 Å². The van der Waals surface area contributed by atoms with Gasteiger partial charge < -0.3 is 9.64 Å². The maximum Gasteiger partial charge on any atom is 0.0959 e. The van der Waals surface area contributed by atoms with Crippen LogP contribution in [0.2, 0.25) is 0 Å². The molecule has 0 unspecified atom stereocenters. The minimum Gasteiger partial charge on any atom is -0.376 e. The molecule has 0 atom stereocenters. The van der Waals surface area contributed by atoms with Gasteiger partial charge in [0.25, 0.3) is 0 Å². The van der Waals surface area contributed by atoms with Gasteiger partial charge in [-0.1, -0.05) is 12.8 Å². The predicted molar refractivity (Wildman–Crippen MR) is 56.7 cm³/mol. The third kappa shape index (κ3) is 2.47. The molecule has 3 heteroatoms. The lowest BCUT2D eigenvalue weighted by Crippen LogP contribution is -2.29. The molecule has 1 aliphatic carbocycles. The SMILES string of the molecule is N=C1CCCN1CCOC1CCCC1. The number of amidine groups is 1. The fourth-order valence-corrected chi connectivity index (χ4v) is 2.36. The molecule has 3 nitrogen and oxygen atoms in total. The summed E-state index contributed by atoms with van der Waals surface area (Å²) in [6.45, 7) is 2.80. The van der Waals surface area contributed by atoms with E-state index in [1.165, 1.54) is 25.7 Å². The Balaban J connectivity index is 1.60. The second-order valence-electron chi connectivity index (χ2n) is 4.31. The Hall–Kier alpha value is -0.570. The Bertz CT molecular complexity index is 199. The van der Waals surface area contributed by atoms with E-state index >= 15 is 0 Å². The number of ether oxygens (including phenoxy) is 1. The van der Waals surface area contributed by atoms with Crippen LogP contribution in [-0.4, -0.2) is 36.5 Å². The van der Waals surface area contributed by atoms with Gasteiger partial charge in [-0.3, -0.25) is 5.41 Å². The van der Waals surface area contributed by atoms with E-state index in [4.69, 9.17) is 10.1 Å². The van der Waals surface area contributed by atoms with E-state index in [1.807, 2.05) is 0 Å². The van der Waals surface area contributed by atoms with E-state index in [1.54, 1.807) is 0 Å². The molecule has 1 saturated heterocycles. The van der Waals surface area contributed by atoms with Crippen LogP contribution in [0.5, 0.6) is 0 Å². The molecule has 2 aliphatic rings. The number of hydrogen-bond acceptors (Lipinski definition) is 2. The molecule has 1 aliphatic heterocycles. The van der Waals surface area contributed by atoms with Crippen molar-refractivity contribution in [3.63, 3.8) is 0 Å². The third-order valence-electron chi connectivity index (χ3n) is 3.24. The largest absolute Gasteiger partial charge is 0.376 e. The molecule has 1 saturated carbocycles. The topological polar surface area (TPSA) is 36.3 Å². The van der Waals surface area contributed by atoms with Gasteiger partial charge in [-0.25, -0.2) is 0 Å². The molecule has 0 spiro atoms. The Morgan fingerprint density at radius 1 is 1.29 bits per heavy atom. The first-order chi connectivity index (χ1) is 6.86. The smallest absolute Gasteiger partial charge is 0.0959 e. The highest BCUT2D eigenvalue weighted by molar-refractivity contribution is 5.80. The Morgan fingerprint density at radius 2 is 2.07 bits per heavy atom. The Kier molecular flexibility index (Phi) is 3.40. The van der Waals surface area contributed by atoms with Gasteiger partial charge in [0, 0.05) is 19.5 Å². The quantitative estimate of drug-likeness (QED) is 0.746. The fourth-order valence-electron chi connectivity index (χ4n) is 2.36. The average Bonchev–Trinajstić information content (AvgIpc) is 2.78. The summed E-state index contributed by atoms with van der Waals surface area (Å²) in [5.74, 6) is 0.806. The van der Waals surface area contributed by atoms with Crippen molar-refractivity contribution in [2.24, 2.45) is 0 Å². The van der Waals surface area contributed by atoms with E-state index in [2.05, 4.69) is 4.90 Å². The maximum atomic E-state index is 7.66. The van der Waals surface area contributed by atoms with Crippen LogP contribution in [0.3, 0.4) is 0 Å². The van der Waals surface area contributed by atoms with Gasteiger partial charge in [0.1, 0.15) is 0 Å². The molecule has 0 radical (unpaired) electrons. The van der Waals surface area contributed by atoms with Gasteiger partial charge in [0.15, 0.2) is 0 Å². The highest BCUT2D eigenvalue weighted by Crippen LogP contribution is 2.20. The van der Waals surface area contributed by atoms with Crippen molar-refractivity contribution >= 4 is 5.84 Å². The highest BCUT2D eigenvalue weighted by Gasteiger charge is 2.18. The Labute approximate surface area is 85.9 Å². The number of likely N-dealkylation sites (tertiary alicyclic amines) is 1. The van der Waals surface area contributed by atoms with Crippen LogP contribution in [0, 0.1) is 5.41 Å². The molecule has 0 amide bonds. The zero-order valence-electron chi connectivity index (χ0n) is 8.80. The van der Waals surface area contributed by atoms with Crippen LogP contribution in [-0.2, 0) is 4.74 Å². The summed E-state index contributed by atoms with van der Waals surface area (Å²) in [6, 6.07) is 0. The zero-order valence-corrected chi connectivity index (χ0v) is 8.80. The minimum atomic E-state index is 0.520. The first-order valence-electron chi connectivity index (χ1n) is 5.80. The summed E-state index contributed by atoms with van der Waals surface area (Å²) in [4.78, 5) is 2.15. The van der Waals surface area contributed by atoms with Gasteiger partial charge in [0.2, 0.25) is 0 Å². The fraction of sp³-hybridized carbons (Fsp3) is 0.909. The minimum absolute atomic E-state index is 0.520. The molecule has 0 aromatic carbocycles. The number of nitrogens with zero attached hydrogens (tertiary/aromatic N) is 1. The van der Waals surface area contributed by atoms with Crippen LogP contribution in [0.15, 0.2) is 0 Å². The molecular formula is C11H20N2O. The molecule has 0 bridgehead atoms. The van der Waals surface area contributed by atoms with Gasteiger partial charge >= 0.3 is 0 Å². The van der Waals surface area contributed by atoms with Gasteiger partial charge in [0.05, 0.1) is 18.5 Å². The Morgan fingerprint density at radius 3 is 2.71 bits per heavy atom. The summed E-state index contributed by atoms with van der Waals surface area (Å²) in [5, 5.41) is 7.66. The van der Waals surface area contributed by atoms with Crippen molar-refractivity contribution < 1.29 is 4.74 Å². The zero-order chi connectivity index (χ0) is 9.80. The monoisotopic (exact) mass is 196 g/mol. The molecule has 2 rings (SSSR count). The van der Waals surface area contributed by atoms with Gasteiger partial charge in [-0.05, 0) is 19.3 Å². The van der Waals surface area contributed by atoms with Crippen LogP contribution in [0.1, 0.15) is 38.5 Å². The first-order valence-corrected chi connectivity index (χ1v) is 5.80. The molecule has 14 heavy (non-hydrogen) atoms. The number of rotatable bonds is 4. The van der Waals surface area contributed by atoms with Crippen molar-refractivity contribution in [2.45, 2.75) is 44.6 Å². The lowest BCUT2D eigenvalue weighted by Gasteiger charge is -2.19. The van der Waals surface area contributed by atoms with E-state index in [0.717, 1.165) is 38.4 Å². The number of nitrogens with one attached hydrogen (secondary N) is 1. The van der Waals surface area contributed by atoms with Crippen molar-refractivity contribution in [1.29, 1.82) is 5.41 Å². The van der Waals surface area contributed by atoms with Crippen molar-refractivity contribution in [3.05, 3.63) is 0 Å². The predicted octanol–water partition coefficient (Wildman–Crippen LogP) is 2.02. The molecule has 1 N–H and O–H groups in total. The molecule has 80 valence electrons. The van der Waals surface area contributed by atoms with Crippen LogP contribution < -0.4 is 0 Å². The molecule has 2 fully saturated rings. The molecule has 0 aromatic heterocycles. The third-order valence-corrected chi connectivity index (χ3v) is 3.24. The first kappa shape index (κ1) is 9.97. The van der Waals surface area contributed by atoms with E-state index < -0.39 is 0 Å². The summed E-state index contributed by atoms with van der Waals surface area (Å²) in [6.07, 6.45) is 7.81. The van der Waals surface area contributed by atoms with Crippen LogP contribution >= 0.6 is 0 Å². The van der Waals surface area contributed by atoms with E-state index in [0.29, 0.717) is 6.10 Å². The van der Waals surface area contributed by atoms with Crippen molar-refractivity contribution in [2.75, 3.05) is 19.7 Å². The molecular weight excluding hydrogens is 176 g/mol. The summed E-state index contributed by atoms with van der Waals surface area (Å²) in [5.41, 5.74) is 0. The van der Waals surface area contributed by atoms with Crippen molar-refractivity contribution in [3.8, 4) is 0 Å². The summed E-state index contributed by atoms with van der Waals surface area (Å²) >= 11 is 0. The van der Waals surface area contributed by atoms with E-state index in [-0.39, 0.29) is 0 Å². The molecule has 0 aromatic rings. The van der Waals surface area contributed by atoms with E-state index in [9.17, 15) is 0 Å². The lowest BCUT2D eigenvalue weighted by molar-refractivity contribution is 0.0517. The normalized spacial score (nSPS) is 23.7. The van der Waals surface area contributed by atoms with Crippen LogP contribution in [0.25, 0.3) is 0 Å².